The van der Waals surface area contributed by atoms with Crippen molar-refractivity contribution in [2.75, 3.05) is 13.1 Å². The Hall–Kier alpha value is -3.64. The number of fused-ring (bicyclic) bond motifs is 1. The zero-order valence-corrected chi connectivity index (χ0v) is 18.7. The van der Waals surface area contributed by atoms with Gasteiger partial charge in [-0.3, -0.25) is 4.79 Å². The molecule has 1 amide bonds. The first-order valence-electron chi connectivity index (χ1n) is 11.4. The second-order valence-electron chi connectivity index (χ2n) is 8.53. The van der Waals surface area contributed by atoms with E-state index < -0.39 is 0 Å². The van der Waals surface area contributed by atoms with Gasteiger partial charge in [-0.15, -0.1) is 0 Å². The average Bonchev–Trinajstić information content (AvgIpc) is 3.48. The number of carbonyl (C=O) groups excluding carboxylic acids is 1. The third kappa shape index (κ3) is 4.61. The lowest BCUT2D eigenvalue weighted by atomic mass is 9.91. The summed E-state index contributed by atoms with van der Waals surface area (Å²) < 4.78 is 6.16. The standard InChI is InChI=1S/C27H28N4O2/c1-18-17-31-26-24(18)23(13-16-29-26)33-21-9-7-20(8-10-21)22-12-15-28-25(22)27(32)30-14-11-19-5-3-2-4-6-19/h2-10,13,16-17,22,25,28H,11-12,14-15H2,1H3,(H,29,31)(H,30,32). The van der Waals surface area contributed by atoms with Crippen LogP contribution in [0.1, 0.15) is 29.0 Å². The molecule has 0 spiro atoms. The number of nitrogens with one attached hydrogen (secondary N) is 3. The summed E-state index contributed by atoms with van der Waals surface area (Å²) in [4.78, 5) is 20.4. The van der Waals surface area contributed by atoms with Crippen LogP contribution < -0.4 is 15.4 Å². The van der Waals surface area contributed by atoms with Crippen molar-refractivity contribution >= 4 is 16.9 Å². The molecular formula is C27H28N4O2. The fraction of sp³-hybridized carbons (Fsp3) is 0.259. The van der Waals surface area contributed by atoms with Crippen molar-refractivity contribution in [3.05, 3.63) is 89.7 Å². The van der Waals surface area contributed by atoms with Gasteiger partial charge in [0.25, 0.3) is 0 Å². The molecule has 6 heteroatoms. The lowest BCUT2D eigenvalue weighted by Crippen LogP contribution is -2.43. The Bertz CT molecular complexity index is 1230. The summed E-state index contributed by atoms with van der Waals surface area (Å²) in [7, 11) is 0. The van der Waals surface area contributed by atoms with Gasteiger partial charge in [-0.25, -0.2) is 4.98 Å². The zero-order chi connectivity index (χ0) is 22.6. The van der Waals surface area contributed by atoms with E-state index in [4.69, 9.17) is 4.74 Å². The van der Waals surface area contributed by atoms with E-state index in [9.17, 15) is 4.79 Å². The molecular weight excluding hydrogens is 412 g/mol. The maximum absolute atomic E-state index is 12.9. The largest absolute Gasteiger partial charge is 0.457 e. The number of rotatable bonds is 7. The Morgan fingerprint density at radius 2 is 1.94 bits per heavy atom. The van der Waals surface area contributed by atoms with Gasteiger partial charge in [0.2, 0.25) is 5.91 Å². The molecule has 2 atom stereocenters. The molecule has 33 heavy (non-hydrogen) atoms. The number of hydrogen-bond acceptors (Lipinski definition) is 4. The Labute approximate surface area is 193 Å². The fourth-order valence-corrected chi connectivity index (χ4v) is 4.60. The molecule has 4 aromatic rings. The van der Waals surface area contributed by atoms with Gasteiger partial charge in [0, 0.05) is 24.9 Å². The van der Waals surface area contributed by atoms with Gasteiger partial charge in [-0.1, -0.05) is 42.5 Å². The fourth-order valence-electron chi connectivity index (χ4n) is 4.60. The summed E-state index contributed by atoms with van der Waals surface area (Å²) in [6, 6.07) is 20.0. The summed E-state index contributed by atoms with van der Waals surface area (Å²) in [5.74, 6) is 1.76. The van der Waals surface area contributed by atoms with E-state index in [2.05, 4.69) is 44.9 Å². The second-order valence-corrected chi connectivity index (χ2v) is 8.53. The Morgan fingerprint density at radius 3 is 2.76 bits per heavy atom. The lowest BCUT2D eigenvalue weighted by molar-refractivity contribution is -0.123. The van der Waals surface area contributed by atoms with Gasteiger partial charge in [0.15, 0.2) is 0 Å². The van der Waals surface area contributed by atoms with Crippen molar-refractivity contribution < 1.29 is 9.53 Å². The van der Waals surface area contributed by atoms with Crippen molar-refractivity contribution in [1.82, 2.24) is 20.6 Å². The molecule has 0 radical (unpaired) electrons. The second kappa shape index (κ2) is 9.46. The van der Waals surface area contributed by atoms with Crippen LogP contribution in [-0.4, -0.2) is 35.0 Å². The summed E-state index contributed by atoms with van der Waals surface area (Å²) in [6.45, 7) is 3.51. The van der Waals surface area contributed by atoms with Crippen LogP contribution in [-0.2, 0) is 11.2 Å². The highest BCUT2D eigenvalue weighted by Gasteiger charge is 2.33. The number of ether oxygens (including phenoxy) is 1. The first kappa shape index (κ1) is 21.2. The number of aryl methyl sites for hydroxylation is 1. The minimum Gasteiger partial charge on any atom is -0.457 e. The third-order valence-corrected chi connectivity index (χ3v) is 6.33. The van der Waals surface area contributed by atoms with Gasteiger partial charge in [0.05, 0.1) is 11.4 Å². The van der Waals surface area contributed by atoms with Crippen LogP contribution >= 0.6 is 0 Å². The van der Waals surface area contributed by atoms with Crippen molar-refractivity contribution in [3.63, 3.8) is 0 Å². The Kier molecular flexibility index (Phi) is 6.09. The maximum atomic E-state index is 12.9. The van der Waals surface area contributed by atoms with Crippen LogP contribution in [0.5, 0.6) is 11.5 Å². The number of H-pyrrole nitrogens is 1. The van der Waals surface area contributed by atoms with Crippen LogP contribution in [0.15, 0.2) is 73.1 Å². The first-order chi connectivity index (χ1) is 16.2. The summed E-state index contributed by atoms with van der Waals surface area (Å²) in [6.07, 6.45) is 5.45. The van der Waals surface area contributed by atoms with Crippen molar-refractivity contribution in [1.29, 1.82) is 0 Å². The predicted octanol–water partition coefficient (Wildman–Crippen LogP) is 4.47. The van der Waals surface area contributed by atoms with Gasteiger partial charge in [-0.05, 0) is 61.2 Å². The molecule has 2 aromatic carbocycles. The molecule has 6 nitrogen and oxygen atoms in total. The predicted molar refractivity (Wildman–Crippen MR) is 130 cm³/mol. The normalized spacial score (nSPS) is 17.8. The quantitative estimate of drug-likeness (QED) is 0.396. The molecule has 1 saturated heterocycles. The number of hydrogen-bond donors (Lipinski definition) is 3. The van der Waals surface area contributed by atoms with E-state index in [1.54, 1.807) is 6.20 Å². The lowest BCUT2D eigenvalue weighted by Gasteiger charge is -2.20. The van der Waals surface area contributed by atoms with Gasteiger partial charge in [0.1, 0.15) is 17.1 Å². The van der Waals surface area contributed by atoms with Crippen LogP contribution in [0.3, 0.4) is 0 Å². The number of benzene rings is 2. The molecule has 5 rings (SSSR count). The molecule has 1 fully saturated rings. The third-order valence-electron chi connectivity index (χ3n) is 6.33. The highest BCUT2D eigenvalue weighted by atomic mass is 16.5. The van der Waals surface area contributed by atoms with E-state index in [1.807, 2.05) is 49.5 Å². The van der Waals surface area contributed by atoms with Gasteiger partial charge in [-0.2, -0.15) is 0 Å². The zero-order valence-electron chi connectivity index (χ0n) is 18.7. The van der Waals surface area contributed by atoms with Gasteiger partial charge >= 0.3 is 0 Å². The molecule has 0 saturated carbocycles. The smallest absolute Gasteiger partial charge is 0.237 e. The first-order valence-corrected chi connectivity index (χ1v) is 11.4. The van der Waals surface area contributed by atoms with Crippen LogP contribution in [0.25, 0.3) is 11.0 Å². The van der Waals surface area contributed by atoms with Crippen molar-refractivity contribution in [3.8, 4) is 11.5 Å². The van der Waals surface area contributed by atoms with E-state index in [1.165, 1.54) is 5.56 Å². The van der Waals surface area contributed by atoms with E-state index in [0.29, 0.717) is 6.54 Å². The monoisotopic (exact) mass is 440 g/mol. The SMILES string of the molecule is Cc1c[nH]c2nccc(Oc3ccc(C4CCNC4C(=O)NCCc4ccccc4)cc3)c12. The number of amides is 1. The molecule has 0 aliphatic carbocycles. The topological polar surface area (TPSA) is 79.0 Å². The van der Waals surface area contributed by atoms with E-state index >= 15 is 0 Å². The number of nitrogens with zero attached hydrogens (tertiary/aromatic N) is 1. The molecule has 1 aliphatic rings. The number of carbonyl (C=O) groups is 1. The van der Waals surface area contributed by atoms with Crippen LogP contribution in [0.2, 0.25) is 0 Å². The summed E-state index contributed by atoms with van der Waals surface area (Å²) in [5.41, 5.74) is 4.29. The number of pyridine rings is 1. The Balaban J connectivity index is 1.23. The minimum atomic E-state index is -0.213. The summed E-state index contributed by atoms with van der Waals surface area (Å²) >= 11 is 0. The molecule has 168 valence electrons. The minimum absolute atomic E-state index is 0.0656. The molecule has 0 bridgehead atoms. The number of aromatic amines is 1. The molecule has 2 aromatic heterocycles. The van der Waals surface area contributed by atoms with Crippen molar-refractivity contribution in [2.45, 2.75) is 31.7 Å². The molecule has 3 N–H and O–H groups in total. The van der Waals surface area contributed by atoms with Crippen molar-refractivity contribution in [2.24, 2.45) is 0 Å². The Morgan fingerprint density at radius 1 is 1.12 bits per heavy atom. The maximum Gasteiger partial charge on any atom is 0.237 e. The molecule has 2 unspecified atom stereocenters. The van der Waals surface area contributed by atoms with E-state index in [0.717, 1.165) is 53.0 Å². The van der Waals surface area contributed by atoms with E-state index in [-0.39, 0.29) is 17.9 Å². The highest BCUT2D eigenvalue weighted by molar-refractivity contribution is 5.86. The average molecular weight is 441 g/mol. The van der Waals surface area contributed by atoms with Gasteiger partial charge < -0.3 is 20.4 Å². The molecule has 1 aliphatic heterocycles. The highest BCUT2D eigenvalue weighted by Crippen LogP contribution is 2.33. The molecule has 3 heterocycles. The number of aromatic nitrogens is 2. The summed E-state index contributed by atoms with van der Waals surface area (Å²) in [5, 5.41) is 7.47. The van der Waals surface area contributed by atoms with Crippen LogP contribution in [0, 0.1) is 6.92 Å². The van der Waals surface area contributed by atoms with Crippen LogP contribution in [0.4, 0.5) is 0 Å².